The Bertz CT molecular complexity index is 700. The number of nitrogens with one attached hydrogen (secondary N) is 1. The molecule has 1 N–H and O–H groups in total. The number of hydrogen-bond donors (Lipinski definition) is 1. The standard InChI is InChI=1S/C9H8N6O2/c1-17-6(16)2-5-13-14-9-7-8(11-3-10-7)12-4-15(5)9/h3-4H,2H2,1H3,(H,10,11). The van der Waals surface area contributed by atoms with Crippen LogP contribution < -0.4 is 0 Å². The number of nitrogens with zero attached hydrogens (tertiary/aromatic N) is 5. The third-order valence-electron chi connectivity index (χ3n) is 2.43. The van der Waals surface area contributed by atoms with E-state index in [0.29, 0.717) is 22.6 Å². The van der Waals surface area contributed by atoms with E-state index >= 15 is 0 Å². The second kappa shape index (κ2) is 3.51. The number of aromatic amines is 1. The van der Waals surface area contributed by atoms with Gasteiger partial charge >= 0.3 is 5.97 Å². The predicted molar refractivity (Wildman–Crippen MR) is 56.2 cm³/mol. The fourth-order valence-corrected chi connectivity index (χ4v) is 1.60. The minimum atomic E-state index is -0.371. The van der Waals surface area contributed by atoms with Gasteiger partial charge in [0.15, 0.2) is 11.3 Å². The zero-order valence-corrected chi connectivity index (χ0v) is 8.91. The summed E-state index contributed by atoms with van der Waals surface area (Å²) in [6.07, 6.45) is 3.13. The van der Waals surface area contributed by atoms with Gasteiger partial charge in [0.1, 0.15) is 24.1 Å². The molecule has 0 aliphatic rings. The topological polar surface area (TPSA) is 98.1 Å². The highest BCUT2D eigenvalue weighted by atomic mass is 16.5. The number of hydrogen-bond acceptors (Lipinski definition) is 6. The van der Waals surface area contributed by atoms with E-state index in [9.17, 15) is 4.79 Å². The first-order chi connectivity index (χ1) is 8.29. The van der Waals surface area contributed by atoms with Gasteiger partial charge in [0, 0.05) is 0 Å². The van der Waals surface area contributed by atoms with Crippen LogP contribution in [-0.2, 0) is 16.0 Å². The number of ether oxygens (including phenoxy) is 1. The van der Waals surface area contributed by atoms with E-state index in [1.165, 1.54) is 19.8 Å². The van der Waals surface area contributed by atoms with Gasteiger partial charge in [-0.3, -0.25) is 9.20 Å². The number of imidazole rings is 1. The molecule has 3 rings (SSSR count). The summed E-state index contributed by atoms with van der Waals surface area (Å²) >= 11 is 0. The van der Waals surface area contributed by atoms with Crippen LogP contribution in [0.3, 0.4) is 0 Å². The van der Waals surface area contributed by atoms with Crippen molar-refractivity contribution >= 4 is 22.8 Å². The van der Waals surface area contributed by atoms with Gasteiger partial charge in [-0.25, -0.2) is 9.97 Å². The molecule has 0 unspecified atom stereocenters. The second-order valence-electron chi connectivity index (χ2n) is 3.41. The Morgan fingerprint density at radius 3 is 3.18 bits per heavy atom. The molecule has 0 atom stereocenters. The molecule has 0 aliphatic heterocycles. The molecule has 0 saturated carbocycles. The van der Waals surface area contributed by atoms with Crippen molar-refractivity contribution in [3.05, 3.63) is 18.5 Å². The Hall–Kier alpha value is -2.51. The van der Waals surface area contributed by atoms with Crippen LogP contribution >= 0.6 is 0 Å². The quantitative estimate of drug-likeness (QED) is 0.610. The summed E-state index contributed by atoms with van der Waals surface area (Å²) in [7, 11) is 1.33. The van der Waals surface area contributed by atoms with E-state index in [-0.39, 0.29) is 12.4 Å². The normalized spacial score (nSPS) is 11.1. The Kier molecular flexibility index (Phi) is 2.00. The van der Waals surface area contributed by atoms with Crippen molar-refractivity contribution in [1.29, 1.82) is 0 Å². The monoisotopic (exact) mass is 232 g/mol. The van der Waals surface area contributed by atoms with Crippen LogP contribution in [0.25, 0.3) is 16.8 Å². The van der Waals surface area contributed by atoms with Crippen molar-refractivity contribution in [3.63, 3.8) is 0 Å². The van der Waals surface area contributed by atoms with Gasteiger partial charge < -0.3 is 9.72 Å². The Morgan fingerprint density at radius 2 is 2.35 bits per heavy atom. The van der Waals surface area contributed by atoms with Gasteiger partial charge in [0.05, 0.1) is 13.4 Å². The Morgan fingerprint density at radius 1 is 1.47 bits per heavy atom. The predicted octanol–water partition coefficient (Wildman–Crippen LogP) is -0.284. The first kappa shape index (κ1) is 9.70. The van der Waals surface area contributed by atoms with Crippen LogP contribution in [0.5, 0.6) is 0 Å². The SMILES string of the molecule is COC(=O)Cc1nnc2c3[nH]cnc3ncn12. The molecule has 0 bridgehead atoms. The molecule has 0 fully saturated rings. The van der Waals surface area contributed by atoms with Crippen LogP contribution in [0.1, 0.15) is 5.82 Å². The van der Waals surface area contributed by atoms with E-state index in [0.717, 1.165) is 0 Å². The number of carbonyl (C=O) groups is 1. The molecule has 0 aliphatic carbocycles. The molecule has 0 aromatic carbocycles. The molecule has 3 aromatic heterocycles. The van der Waals surface area contributed by atoms with E-state index in [1.54, 1.807) is 4.40 Å². The lowest BCUT2D eigenvalue weighted by Crippen LogP contribution is -2.08. The average molecular weight is 232 g/mol. The van der Waals surface area contributed by atoms with Crippen molar-refractivity contribution in [3.8, 4) is 0 Å². The number of aromatic nitrogens is 6. The van der Waals surface area contributed by atoms with Gasteiger partial charge in [0.25, 0.3) is 0 Å². The molecular formula is C9H8N6O2. The highest BCUT2D eigenvalue weighted by molar-refractivity contribution is 5.84. The lowest BCUT2D eigenvalue weighted by atomic mass is 10.4. The number of H-pyrrole nitrogens is 1. The fraction of sp³-hybridized carbons (Fsp3) is 0.222. The van der Waals surface area contributed by atoms with Crippen molar-refractivity contribution in [1.82, 2.24) is 29.5 Å². The summed E-state index contributed by atoms with van der Waals surface area (Å²) in [6, 6.07) is 0. The minimum Gasteiger partial charge on any atom is -0.469 e. The summed E-state index contributed by atoms with van der Waals surface area (Å²) in [6.45, 7) is 0. The summed E-state index contributed by atoms with van der Waals surface area (Å²) in [5, 5.41) is 7.94. The summed E-state index contributed by atoms with van der Waals surface area (Å²) in [4.78, 5) is 22.3. The van der Waals surface area contributed by atoms with Crippen molar-refractivity contribution in [2.24, 2.45) is 0 Å². The van der Waals surface area contributed by atoms with Gasteiger partial charge in [-0.1, -0.05) is 0 Å². The van der Waals surface area contributed by atoms with Gasteiger partial charge in [-0.05, 0) is 0 Å². The number of esters is 1. The van der Waals surface area contributed by atoms with Gasteiger partial charge in [0.2, 0.25) is 0 Å². The molecule has 0 radical (unpaired) electrons. The molecule has 0 spiro atoms. The molecule has 17 heavy (non-hydrogen) atoms. The second-order valence-corrected chi connectivity index (χ2v) is 3.41. The molecule has 0 amide bonds. The van der Waals surface area contributed by atoms with E-state index in [4.69, 9.17) is 0 Å². The first-order valence-electron chi connectivity index (χ1n) is 4.88. The Labute approximate surface area is 94.7 Å². The van der Waals surface area contributed by atoms with Crippen LogP contribution in [0.15, 0.2) is 12.7 Å². The Balaban J connectivity index is 2.18. The maximum Gasteiger partial charge on any atom is 0.313 e. The van der Waals surface area contributed by atoms with Crippen molar-refractivity contribution < 1.29 is 9.53 Å². The molecule has 0 saturated heterocycles. The van der Waals surface area contributed by atoms with E-state index in [1.807, 2.05) is 0 Å². The third kappa shape index (κ3) is 1.41. The zero-order chi connectivity index (χ0) is 11.8. The summed E-state index contributed by atoms with van der Waals surface area (Å²) < 4.78 is 6.22. The average Bonchev–Trinajstić information content (AvgIpc) is 2.94. The molecule has 8 heteroatoms. The highest BCUT2D eigenvalue weighted by Gasteiger charge is 2.13. The number of rotatable bonds is 2. The van der Waals surface area contributed by atoms with E-state index < -0.39 is 0 Å². The van der Waals surface area contributed by atoms with E-state index in [2.05, 4.69) is 29.9 Å². The molecule has 3 heterocycles. The maximum absolute atomic E-state index is 11.2. The number of methoxy groups -OCH3 is 1. The number of carbonyl (C=O) groups excluding carboxylic acids is 1. The zero-order valence-electron chi connectivity index (χ0n) is 8.91. The van der Waals surface area contributed by atoms with Gasteiger partial charge in [-0.15, -0.1) is 10.2 Å². The highest BCUT2D eigenvalue weighted by Crippen LogP contribution is 2.13. The number of fused-ring (bicyclic) bond motifs is 3. The molecule has 86 valence electrons. The molecular weight excluding hydrogens is 224 g/mol. The van der Waals surface area contributed by atoms with Crippen LogP contribution in [0.2, 0.25) is 0 Å². The largest absolute Gasteiger partial charge is 0.469 e. The lowest BCUT2D eigenvalue weighted by Gasteiger charge is -1.98. The van der Waals surface area contributed by atoms with Crippen LogP contribution in [-0.4, -0.2) is 42.6 Å². The van der Waals surface area contributed by atoms with Crippen molar-refractivity contribution in [2.75, 3.05) is 7.11 Å². The third-order valence-corrected chi connectivity index (χ3v) is 2.43. The minimum absolute atomic E-state index is 0.0546. The van der Waals surface area contributed by atoms with Crippen molar-refractivity contribution in [2.45, 2.75) is 6.42 Å². The summed E-state index contributed by atoms with van der Waals surface area (Å²) in [5.74, 6) is 0.111. The maximum atomic E-state index is 11.2. The molecule has 8 nitrogen and oxygen atoms in total. The smallest absolute Gasteiger partial charge is 0.313 e. The first-order valence-corrected chi connectivity index (χ1v) is 4.88. The van der Waals surface area contributed by atoms with Crippen LogP contribution in [0, 0.1) is 0 Å². The summed E-state index contributed by atoms with van der Waals surface area (Å²) in [5.41, 5.74) is 1.84. The van der Waals surface area contributed by atoms with Gasteiger partial charge in [-0.2, -0.15) is 0 Å². The van der Waals surface area contributed by atoms with Crippen LogP contribution in [0.4, 0.5) is 0 Å². The molecule has 3 aromatic rings. The fourth-order valence-electron chi connectivity index (χ4n) is 1.60. The lowest BCUT2D eigenvalue weighted by molar-refractivity contribution is -0.139.